The van der Waals surface area contributed by atoms with Crippen LogP contribution in [0.5, 0.6) is 0 Å². The number of nitro groups is 1. The molecule has 9 nitrogen and oxygen atoms in total. The Balaban J connectivity index is 2.03. The minimum absolute atomic E-state index is 0.0780. The maximum absolute atomic E-state index is 12.6. The largest absolute Gasteiger partial charge is 0.293 e. The number of rotatable bonds is 3. The summed E-state index contributed by atoms with van der Waals surface area (Å²) >= 11 is 0. The molecule has 0 atom stereocenters. The first-order valence-corrected chi connectivity index (χ1v) is 9.93. The van der Waals surface area contributed by atoms with Gasteiger partial charge in [0, 0.05) is 12.1 Å². The molecule has 11 heteroatoms. The zero-order chi connectivity index (χ0) is 17.5. The highest BCUT2D eigenvalue weighted by molar-refractivity contribution is 8.06. The van der Waals surface area contributed by atoms with Crippen molar-refractivity contribution in [3.8, 4) is 0 Å². The van der Waals surface area contributed by atoms with E-state index in [1.165, 1.54) is 6.21 Å². The summed E-state index contributed by atoms with van der Waals surface area (Å²) in [6.45, 7) is 0. The highest BCUT2D eigenvalue weighted by Crippen LogP contribution is 2.35. The van der Waals surface area contributed by atoms with Crippen molar-refractivity contribution in [1.29, 1.82) is 0 Å². The van der Waals surface area contributed by atoms with Crippen LogP contribution in [0.2, 0.25) is 0 Å². The Bertz CT molecular complexity index is 961. The van der Waals surface area contributed by atoms with Crippen LogP contribution in [0.15, 0.2) is 44.7 Å². The lowest BCUT2D eigenvalue weighted by atomic mass is 10.0. The van der Waals surface area contributed by atoms with E-state index in [1.54, 1.807) is 0 Å². The summed E-state index contributed by atoms with van der Waals surface area (Å²) in [5.41, 5.74) is 0.243. The minimum atomic E-state index is -4.47. The van der Waals surface area contributed by atoms with Gasteiger partial charge in [-0.15, -0.1) is 0 Å². The SMILES string of the molecule is O=[N+]([O-])c1ccc(S(=O)(=O)N2N=CC3=C(CCCC3)S2(=O)=O)cc1. The highest BCUT2D eigenvalue weighted by Gasteiger charge is 2.40. The lowest BCUT2D eigenvalue weighted by Gasteiger charge is -2.27. The number of hydrazone groups is 1. The Morgan fingerprint density at radius 1 is 1.12 bits per heavy atom. The molecule has 0 fully saturated rings. The summed E-state index contributed by atoms with van der Waals surface area (Å²) < 4.78 is 50.5. The lowest BCUT2D eigenvalue weighted by Crippen LogP contribution is -2.37. The van der Waals surface area contributed by atoms with E-state index in [4.69, 9.17) is 0 Å². The summed E-state index contributed by atoms with van der Waals surface area (Å²) in [4.78, 5) is 9.67. The van der Waals surface area contributed by atoms with E-state index >= 15 is 0 Å². The molecule has 0 bridgehead atoms. The van der Waals surface area contributed by atoms with Crippen molar-refractivity contribution in [2.75, 3.05) is 0 Å². The zero-order valence-corrected chi connectivity index (χ0v) is 14.0. The zero-order valence-electron chi connectivity index (χ0n) is 12.3. The number of hydrogen-bond acceptors (Lipinski definition) is 7. The molecule has 0 unspecified atom stereocenters. The van der Waals surface area contributed by atoms with E-state index in [-0.39, 0.29) is 25.7 Å². The van der Waals surface area contributed by atoms with Gasteiger partial charge in [-0.1, -0.05) is 3.82 Å². The number of hydrogen-bond donors (Lipinski definition) is 0. The van der Waals surface area contributed by atoms with Crippen LogP contribution < -0.4 is 0 Å². The molecule has 0 aromatic heterocycles. The van der Waals surface area contributed by atoms with E-state index in [0.29, 0.717) is 18.4 Å². The van der Waals surface area contributed by atoms with Crippen molar-refractivity contribution >= 4 is 31.9 Å². The number of nitro benzene ring substituents is 1. The molecule has 1 aliphatic heterocycles. The number of allylic oxidation sites excluding steroid dienone is 2. The Morgan fingerprint density at radius 3 is 2.38 bits per heavy atom. The number of sulfonamides is 2. The van der Waals surface area contributed by atoms with Crippen LogP contribution >= 0.6 is 0 Å². The van der Waals surface area contributed by atoms with E-state index in [0.717, 1.165) is 30.7 Å². The molecule has 0 amide bonds. The Labute approximate surface area is 138 Å². The van der Waals surface area contributed by atoms with E-state index < -0.39 is 25.0 Å². The second kappa shape index (κ2) is 5.67. The molecule has 0 N–H and O–H groups in total. The standard InChI is InChI=1S/C13H13N3O6S2/c17-15(18)11-5-7-12(8-6-11)23(19,20)16-14-9-10-3-1-2-4-13(10)24(16,21)22/h5-9H,1-4H2. The van der Waals surface area contributed by atoms with Crippen LogP contribution in [0.1, 0.15) is 25.7 Å². The third kappa shape index (κ3) is 2.59. The summed E-state index contributed by atoms with van der Waals surface area (Å²) in [6, 6.07) is 3.98. The van der Waals surface area contributed by atoms with Gasteiger partial charge in [-0.25, -0.2) is 0 Å². The maximum atomic E-state index is 12.6. The van der Waals surface area contributed by atoms with Gasteiger partial charge in [0.15, 0.2) is 0 Å². The first-order valence-electron chi connectivity index (χ1n) is 7.05. The number of nitrogens with zero attached hydrogens (tertiary/aromatic N) is 3. The van der Waals surface area contributed by atoms with Crippen molar-refractivity contribution in [1.82, 2.24) is 3.82 Å². The third-order valence-electron chi connectivity index (χ3n) is 3.83. The van der Waals surface area contributed by atoms with Crippen LogP contribution in [0, 0.1) is 10.1 Å². The van der Waals surface area contributed by atoms with Gasteiger partial charge >= 0.3 is 0 Å². The van der Waals surface area contributed by atoms with Crippen LogP contribution in [0.25, 0.3) is 0 Å². The molecule has 2 aliphatic rings. The van der Waals surface area contributed by atoms with Crippen LogP contribution in [0.3, 0.4) is 0 Å². The van der Waals surface area contributed by atoms with Gasteiger partial charge in [-0.3, -0.25) is 10.1 Å². The first kappa shape index (κ1) is 16.6. The van der Waals surface area contributed by atoms with E-state index in [2.05, 4.69) is 5.10 Å². The topological polar surface area (TPSA) is 127 Å². The van der Waals surface area contributed by atoms with Crippen molar-refractivity contribution in [3.05, 3.63) is 44.9 Å². The maximum Gasteiger partial charge on any atom is 0.293 e. The molecule has 1 aromatic carbocycles. The molecule has 1 heterocycles. The third-order valence-corrected chi connectivity index (χ3v) is 7.98. The molecule has 128 valence electrons. The summed E-state index contributed by atoms with van der Waals surface area (Å²) in [7, 11) is -8.74. The number of benzene rings is 1. The Hall–Kier alpha value is -2.27. The summed E-state index contributed by atoms with van der Waals surface area (Å²) in [5.74, 6) is 0. The monoisotopic (exact) mass is 371 g/mol. The van der Waals surface area contributed by atoms with E-state index in [1.807, 2.05) is 0 Å². The van der Waals surface area contributed by atoms with Gasteiger partial charge in [-0.05, 0) is 43.4 Å². The molecular weight excluding hydrogens is 358 g/mol. The quantitative estimate of drug-likeness (QED) is 0.588. The molecule has 0 saturated heterocycles. The fourth-order valence-corrected chi connectivity index (χ4v) is 6.27. The van der Waals surface area contributed by atoms with Crippen molar-refractivity contribution in [2.24, 2.45) is 5.10 Å². The van der Waals surface area contributed by atoms with Crippen molar-refractivity contribution in [2.45, 2.75) is 30.6 Å². The lowest BCUT2D eigenvalue weighted by molar-refractivity contribution is -0.384. The first-order chi connectivity index (χ1) is 11.2. The fraction of sp³-hybridized carbons (Fsp3) is 0.308. The van der Waals surface area contributed by atoms with Crippen LogP contribution in [-0.2, 0) is 20.0 Å². The molecule has 24 heavy (non-hydrogen) atoms. The van der Waals surface area contributed by atoms with Crippen LogP contribution in [-0.4, -0.2) is 31.8 Å². The second-order valence-corrected chi connectivity index (χ2v) is 9.13. The summed E-state index contributed by atoms with van der Waals surface area (Å²) in [6.07, 6.45) is 3.57. The van der Waals surface area contributed by atoms with Gasteiger partial charge in [0.25, 0.3) is 25.7 Å². The average molecular weight is 371 g/mol. The van der Waals surface area contributed by atoms with Gasteiger partial charge < -0.3 is 0 Å². The van der Waals surface area contributed by atoms with Crippen molar-refractivity contribution < 1.29 is 21.8 Å². The van der Waals surface area contributed by atoms with Gasteiger partial charge in [-0.2, -0.15) is 21.9 Å². The normalized spacial score (nSPS) is 19.9. The summed E-state index contributed by atoms with van der Waals surface area (Å²) in [5, 5.41) is 14.3. The molecule has 0 saturated carbocycles. The highest BCUT2D eigenvalue weighted by atomic mass is 32.3. The average Bonchev–Trinajstić information content (AvgIpc) is 2.54. The van der Waals surface area contributed by atoms with E-state index in [9.17, 15) is 26.9 Å². The molecule has 0 radical (unpaired) electrons. The molecule has 3 rings (SSSR count). The predicted molar refractivity (Wildman–Crippen MR) is 85.0 cm³/mol. The van der Waals surface area contributed by atoms with Crippen LogP contribution in [0.4, 0.5) is 5.69 Å². The molecule has 1 aromatic rings. The number of non-ortho nitro benzene ring substituents is 1. The predicted octanol–water partition coefficient (Wildman–Crippen LogP) is 1.74. The van der Waals surface area contributed by atoms with Crippen molar-refractivity contribution in [3.63, 3.8) is 0 Å². The molecule has 1 aliphatic carbocycles. The Kier molecular flexibility index (Phi) is 3.92. The van der Waals surface area contributed by atoms with Gasteiger partial charge in [0.1, 0.15) is 0 Å². The fourth-order valence-electron chi connectivity index (χ4n) is 2.63. The minimum Gasteiger partial charge on any atom is -0.258 e. The van der Waals surface area contributed by atoms with Gasteiger partial charge in [0.05, 0.1) is 20.9 Å². The van der Waals surface area contributed by atoms with Gasteiger partial charge in [0.2, 0.25) is 0 Å². The molecular formula is C13H13N3O6S2. The smallest absolute Gasteiger partial charge is 0.258 e. The second-order valence-electron chi connectivity index (χ2n) is 5.34. The molecule has 0 spiro atoms. The Morgan fingerprint density at radius 2 is 1.75 bits per heavy atom.